The lowest BCUT2D eigenvalue weighted by atomic mass is 10.4. The first-order valence-electron chi connectivity index (χ1n) is 3.25. The quantitative estimate of drug-likeness (QED) is 0.850. The second-order valence-corrected chi connectivity index (χ2v) is 3.20. The number of benzene rings is 1. The SMILES string of the molecule is Clc1ccccc1Br.O=C(O)CF. The van der Waals surface area contributed by atoms with Crippen LogP contribution < -0.4 is 0 Å². The van der Waals surface area contributed by atoms with Gasteiger partial charge in [-0.3, -0.25) is 0 Å². The zero-order valence-electron chi connectivity index (χ0n) is 6.51. The molecule has 0 fully saturated rings. The maximum Gasteiger partial charge on any atom is 0.335 e. The van der Waals surface area contributed by atoms with E-state index in [1.807, 2.05) is 24.3 Å². The van der Waals surface area contributed by atoms with Gasteiger partial charge in [0, 0.05) is 4.47 Å². The molecule has 1 rings (SSSR count). The van der Waals surface area contributed by atoms with Crippen LogP contribution in [0, 0.1) is 0 Å². The van der Waals surface area contributed by atoms with Crippen molar-refractivity contribution >= 4 is 33.5 Å². The second-order valence-electron chi connectivity index (χ2n) is 1.94. The molecule has 0 bridgehead atoms. The Kier molecular flexibility index (Phi) is 6.54. The van der Waals surface area contributed by atoms with Crippen molar-refractivity contribution in [3.8, 4) is 0 Å². The molecule has 2 nitrogen and oxygen atoms in total. The summed E-state index contributed by atoms with van der Waals surface area (Å²) >= 11 is 8.93. The minimum atomic E-state index is -1.41. The Morgan fingerprint density at radius 3 is 2.23 bits per heavy atom. The third-order valence-corrected chi connectivity index (χ3v) is 2.19. The number of carbonyl (C=O) groups is 1. The molecule has 0 unspecified atom stereocenters. The lowest BCUT2D eigenvalue weighted by Crippen LogP contribution is -1.93. The number of aliphatic carboxylic acids is 1. The number of hydrogen-bond acceptors (Lipinski definition) is 1. The van der Waals surface area contributed by atoms with Gasteiger partial charge in [-0.1, -0.05) is 23.7 Å². The van der Waals surface area contributed by atoms with Gasteiger partial charge in [0.05, 0.1) is 5.02 Å². The minimum absolute atomic E-state index is 0.757. The van der Waals surface area contributed by atoms with Gasteiger partial charge in [-0.15, -0.1) is 0 Å². The smallest absolute Gasteiger partial charge is 0.335 e. The monoisotopic (exact) mass is 268 g/mol. The average molecular weight is 269 g/mol. The van der Waals surface area contributed by atoms with E-state index in [1.54, 1.807) is 0 Å². The summed E-state index contributed by atoms with van der Waals surface area (Å²) in [5, 5.41) is 8.10. The fraction of sp³-hybridized carbons (Fsp3) is 0.125. The van der Waals surface area contributed by atoms with E-state index >= 15 is 0 Å². The standard InChI is InChI=1S/C6H4BrCl.C2H3FO2/c7-5-3-1-2-4-6(5)8;3-1-2(4)5/h1-4H;1H2,(H,4,5). The molecule has 13 heavy (non-hydrogen) atoms. The van der Waals surface area contributed by atoms with Crippen LogP contribution in [0.4, 0.5) is 4.39 Å². The highest BCUT2D eigenvalue weighted by atomic mass is 79.9. The van der Waals surface area contributed by atoms with Gasteiger partial charge < -0.3 is 5.11 Å². The summed E-state index contributed by atoms with van der Waals surface area (Å²) in [6.07, 6.45) is 0. The van der Waals surface area contributed by atoms with Crippen LogP contribution in [0.2, 0.25) is 5.02 Å². The first kappa shape index (κ1) is 12.4. The first-order chi connectivity index (χ1) is 6.07. The van der Waals surface area contributed by atoms with E-state index in [2.05, 4.69) is 15.9 Å². The van der Waals surface area contributed by atoms with E-state index in [0.29, 0.717) is 0 Å². The predicted molar refractivity (Wildman–Crippen MR) is 52.8 cm³/mol. The minimum Gasteiger partial charge on any atom is -0.479 e. The number of halogens is 3. The topological polar surface area (TPSA) is 37.3 Å². The molecule has 0 heterocycles. The fourth-order valence-electron chi connectivity index (χ4n) is 0.439. The Morgan fingerprint density at radius 2 is 2.00 bits per heavy atom. The summed E-state index contributed by atoms with van der Waals surface area (Å²) in [6, 6.07) is 7.57. The van der Waals surface area contributed by atoms with E-state index in [1.165, 1.54) is 0 Å². The molecule has 1 N–H and O–H groups in total. The molecule has 1 aromatic carbocycles. The van der Waals surface area contributed by atoms with Crippen molar-refractivity contribution in [1.82, 2.24) is 0 Å². The van der Waals surface area contributed by atoms with Crippen LogP contribution in [-0.2, 0) is 4.79 Å². The van der Waals surface area contributed by atoms with Crippen LogP contribution in [0.3, 0.4) is 0 Å². The fourth-order valence-corrected chi connectivity index (χ4v) is 0.860. The van der Waals surface area contributed by atoms with Crippen molar-refractivity contribution in [2.45, 2.75) is 0 Å². The van der Waals surface area contributed by atoms with Crippen LogP contribution in [-0.4, -0.2) is 17.8 Å². The van der Waals surface area contributed by atoms with Crippen LogP contribution in [0.5, 0.6) is 0 Å². The molecule has 0 saturated carbocycles. The van der Waals surface area contributed by atoms with Crippen LogP contribution in [0.15, 0.2) is 28.7 Å². The Bertz CT molecular complexity index is 260. The Balaban J connectivity index is 0.000000252. The molecular weight excluding hydrogens is 262 g/mol. The number of rotatable bonds is 1. The largest absolute Gasteiger partial charge is 0.479 e. The third-order valence-electron chi connectivity index (χ3n) is 0.939. The van der Waals surface area contributed by atoms with Crippen LogP contribution >= 0.6 is 27.5 Å². The molecule has 0 aliphatic rings. The molecule has 0 amide bonds. The van der Waals surface area contributed by atoms with Gasteiger partial charge in [0.15, 0.2) is 6.67 Å². The summed E-state index contributed by atoms with van der Waals surface area (Å²) in [5.74, 6) is -1.41. The van der Waals surface area contributed by atoms with E-state index in [4.69, 9.17) is 21.5 Å². The van der Waals surface area contributed by atoms with Crippen molar-refractivity contribution in [3.63, 3.8) is 0 Å². The van der Waals surface area contributed by atoms with Crippen molar-refractivity contribution < 1.29 is 14.3 Å². The Hall–Kier alpha value is -0.610. The van der Waals surface area contributed by atoms with Crippen LogP contribution in [0.1, 0.15) is 0 Å². The Morgan fingerprint density at radius 1 is 1.54 bits per heavy atom. The van der Waals surface area contributed by atoms with Crippen molar-refractivity contribution in [2.75, 3.05) is 6.67 Å². The average Bonchev–Trinajstić information content (AvgIpc) is 2.11. The molecule has 0 aromatic heterocycles. The van der Waals surface area contributed by atoms with Crippen molar-refractivity contribution in [1.29, 1.82) is 0 Å². The molecule has 0 radical (unpaired) electrons. The van der Waals surface area contributed by atoms with Gasteiger partial charge in [-0.2, -0.15) is 0 Å². The van der Waals surface area contributed by atoms with Gasteiger partial charge in [0.1, 0.15) is 0 Å². The lowest BCUT2D eigenvalue weighted by Gasteiger charge is -1.88. The summed E-state index contributed by atoms with van der Waals surface area (Å²) in [5.41, 5.74) is 0. The zero-order valence-corrected chi connectivity index (χ0v) is 8.85. The molecule has 0 aliphatic heterocycles. The summed E-state index contributed by atoms with van der Waals surface area (Å²) < 4.78 is 11.5. The number of carboxylic acid groups (broad SMARTS) is 1. The van der Waals surface area contributed by atoms with Gasteiger partial charge >= 0.3 is 5.97 Å². The predicted octanol–water partition coefficient (Wildman–Crippen LogP) is 3.14. The van der Waals surface area contributed by atoms with Crippen molar-refractivity contribution in [3.05, 3.63) is 33.8 Å². The highest BCUT2D eigenvalue weighted by molar-refractivity contribution is 9.10. The summed E-state index contributed by atoms with van der Waals surface area (Å²) in [4.78, 5) is 8.99. The lowest BCUT2D eigenvalue weighted by molar-refractivity contribution is -0.137. The molecule has 72 valence electrons. The zero-order chi connectivity index (χ0) is 10.3. The first-order valence-corrected chi connectivity index (χ1v) is 4.42. The van der Waals surface area contributed by atoms with Crippen molar-refractivity contribution in [2.24, 2.45) is 0 Å². The highest BCUT2D eigenvalue weighted by Crippen LogP contribution is 2.20. The summed E-state index contributed by atoms with van der Waals surface area (Å²) in [6.45, 7) is -1.28. The normalized spacial score (nSPS) is 8.54. The summed E-state index contributed by atoms with van der Waals surface area (Å²) in [7, 11) is 0. The Labute approximate surface area is 88.5 Å². The van der Waals surface area contributed by atoms with Crippen LogP contribution in [0.25, 0.3) is 0 Å². The third kappa shape index (κ3) is 6.54. The highest BCUT2D eigenvalue weighted by Gasteiger charge is 1.88. The van der Waals surface area contributed by atoms with E-state index in [0.717, 1.165) is 9.50 Å². The molecule has 0 atom stereocenters. The van der Waals surface area contributed by atoms with Gasteiger partial charge in [-0.05, 0) is 28.1 Å². The molecule has 5 heteroatoms. The number of alkyl halides is 1. The van der Waals surface area contributed by atoms with Gasteiger partial charge in [0.25, 0.3) is 0 Å². The molecule has 0 aliphatic carbocycles. The molecule has 0 spiro atoms. The molecular formula is C8H7BrClFO2. The van der Waals surface area contributed by atoms with Gasteiger partial charge in [-0.25, -0.2) is 9.18 Å². The second kappa shape index (κ2) is 6.86. The van der Waals surface area contributed by atoms with E-state index < -0.39 is 12.6 Å². The van der Waals surface area contributed by atoms with Gasteiger partial charge in [0.2, 0.25) is 0 Å². The van der Waals surface area contributed by atoms with E-state index in [9.17, 15) is 4.39 Å². The maximum absolute atomic E-state index is 10.5. The van der Waals surface area contributed by atoms with E-state index in [-0.39, 0.29) is 0 Å². The maximum atomic E-state index is 10.5. The number of carboxylic acids is 1. The molecule has 1 aromatic rings. The number of hydrogen-bond donors (Lipinski definition) is 1. The molecule has 0 saturated heterocycles.